The highest BCUT2D eigenvalue weighted by Gasteiger charge is 2.03. The van der Waals surface area contributed by atoms with Crippen molar-refractivity contribution >= 4 is 45.8 Å². The molecule has 0 fully saturated rings. The summed E-state index contributed by atoms with van der Waals surface area (Å²) in [6, 6.07) is 5.93. The number of aromatic amines is 1. The summed E-state index contributed by atoms with van der Waals surface area (Å²) in [5.41, 5.74) is 7.54. The Morgan fingerprint density at radius 2 is 2.38 bits per heavy atom. The van der Waals surface area contributed by atoms with Gasteiger partial charge in [-0.3, -0.25) is 0 Å². The Balaban J connectivity index is 2.49. The van der Waals surface area contributed by atoms with Crippen LogP contribution in [0.1, 0.15) is 0 Å². The van der Waals surface area contributed by atoms with Crippen LogP contribution in [0.3, 0.4) is 0 Å². The summed E-state index contributed by atoms with van der Waals surface area (Å²) in [4.78, 5) is 8.63. The number of aliphatic imine (C=N–C) groups is 1. The number of nitrogens with two attached hydrogens (primary N) is 1. The normalized spacial score (nSPS) is 12.2. The maximum absolute atomic E-state index is 5.60. The van der Waals surface area contributed by atoms with Crippen LogP contribution in [0.2, 0.25) is 0 Å². The molecule has 3 N–H and O–H groups in total. The van der Waals surface area contributed by atoms with Crippen LogP contribution in [-0.4, -0.2) is 23.0 Å². The molecule has 0 bridgehead atoms. The number of aromatic nitrogens is 1. The lowest BCUT2D eigenvalue weighted by Crippen LogP contribution is -2.12. The van der Waals surface area contributed by atoms with Gasteiger partial charge in [0.1, 0.15) is 5.84 Å². The van der Waals surface area contributed by atoms with Gasteiger partial charge in [0.2, 0.25) is 0 Å². The third-order valence-corrected chi connectivity index (χ3v) is 3.31. The number of amidine groups is 1. The maximum atomic E-state index is 5.60. The highest BCUT2D eigenvalue weighted by Crippen LogP contribution is 2.29. The van der Waals surface area contributed by atoms with Crippen molar-refractivity contribution in [3.05, 3.63) is 24.4 Å². The van der Waals surface area contributed by atoms with Crippen LogP contribution >= 0.6 is 23.4 Å². The number of nitrogens with one attached hydrogen (secondary N) is 1. The fourth-order valence-electron chi connectivity index (χ4n) is 1.52. The fraction of sp³-hybridized carbons (Fsp3) is 0.182. The summed E-state index contributed by atoms with van der Waals surface area (Å²) < 4.78 is 0. The summed E-state index contributed by atoms with van der Waals surface area (Å²) in [5.74, 6) is 0.683. The van der Waals surface area contributed by atoms with E-state index in [9.17, 15) is 0 Å². The second kappa shape index (κ2) is 4.80. The quantitative estimate of drug-likeness (QED) is 0.382. The van der Waals surface area contributed by atoms with E-state index in [1.54, 1.807) is 11.8 Å². The lowest BCUT2D eigenvalue weighted by atomic mass is 10.2. The number of hydrogen-bond donors (Lipinski definition) is 2. The molecular weight excluding hydrogens is 242 g/mol. The Morgan fingerprint density at radius 3 is 3.06 bits per heavy atom. The van der Waals surface area contributed by atoms with E-state index >= 15 is 0 Å². The molecule has 2 rings (SSSR count). The van der Waals surface area contributed by atoms with Crippen molar-refractivity contribution in [3.63, 3.8) is 0 Å². The van der Waals surface area contributed by atoms with Gasteiger partial charge in [-0.1, -0.05) is 0 Å². The van der Waals surface area contributed by atoms with Gasteiger partial charge >= 0.3 is 0 Å². The maximum Gasteiger partial charge on any atom is 0.115 e. The molecule has 0 saturated heterocycles. The number of alkyl halides is 1. The first-order chi connectivity index (χ1) is 7.74. The molecule has 0 atom stereocenters. The van der Waals surface area contributed by atoms with Crippen LogP contribution in [-0.2, 0) is 0 Å². The van der Waals surface area contributed by atoms with E-state index in [1.807, 2.05) is 30.7 Å². The van der Waals surface area contributed by atoms with E-state index in [0.29, 0.717) is 5.84 Å². The molecule has 2 aromatic rings. The predicted molar refractivity (Wildman–Crippen MR) is 72.1 cm³/mol. The summed E-state index contributed by atoms with van der Waals surface area (Å²) in [7, 11) is 0. The average Bonchev–Trinajstić information content (AvgIpc) is 2.71. The van der Waals surface area contributed by atoms with Gasteiger partial charge in [-0.05, 0) is 24.5 Å². The van der Waals surface area contributed by atoms with Gasteiger partial charge in [0.25, 0.3) is 0 Å². The number of fused-ring (bicyclic) bond motifs is 1. The zero-order valence-electron chi connectivity index (χ0n) is 8.83. The number of benzene rings is 1. The van der Waals surface area contributed by atoms with Crippen LogP contribution in [0.5, 0.6) is 0 Å². The summed E-state index contributed by atoms with van der Waals surface area (Å²) in [6.45, 7) is 0. The number of nitrogens with zero attached hydrogens (tertiary/aromatic N) is 1. The molecule has 5 heteroatoms. The van der Waals surface area contributed by atoms with E-state index in [-0.39, 0.29) is 5.88 Å². The highest BCUT2D eigenvalue weighted by molar-refractivity contribution is 7.98. The number of rotatable bonds is 3. The van der Waals surface area contributed by atoms with Crippen LogP contribution in [0.4, 0.5) is 5.69 Å². The molecule has 0 amide bonds. The molecule has 0 radical (unpaired) electrons. The number of thioether (sulfide) groups is 1. The molecule has 1 aromatic heterocycles. The van der Waals surface area contributed by atoms with E-state index in [1.165, 1.54) is 4.90 Å². The Kier molecular flexibility index (Phi) is 3.41. The van der Waals surface area contributed by atoms with Gasteiger partial charge < -0.3 is 10.7 Å². The van der Waals surface area contributed by atoms with Crippen LogP contribution in [0, 0.1) is 0 Å². The van der Waals surface area contributed by atoms with Gasteiger partial charge in [0.15, 0.2) is 0 Å². The van der Waals surface area contributed by atoms with Gasteiger partial charge in [0.05, 0.1) is 11.6 Å². The average molecular weight is 254 g/mol. The fourth-order valence-corrected chi connectivity index (χ4v) is 2.14. The number of hydrogen-bond acceptors (Lipinski definition) is 2. The molecule has 1 heterocycles. The third kappa shape index (κ3) is 2.18. The molecule has 0 aliphatic rings. The molecule has 0 unspecified atom stereocenters. The van der Waals surface area contributed by atoms with Gasteiger partial charge in [-0.2, -0.15) is 0 Å². The molecule has 1 aromatic carbocycles. The Morgan fingerprint density at radius 1 is 1.56 bits per heavy atom. The zero-order chi connectivity index (χ0) is 11.5. The van der Waals surface area contributed by atoms with Crippen molar-refractivity contribution in [2.75, 3.05) is 12.1 Å². The minimum Gasteiger partial charge on any atom is -0.386 e. The first-order valence-electron chi connectivity index (χ1n) is 4.78. The van der Waals surface area contributed by atoms with E-state index in [0.717, 1.165) is 16.6 Å². The lowest BCUT2D eigenvalue weighted by molar-refractivity contribution is 1.42. The SMILES string of the molecule is CSc1c[nH]c2ccc(N=C(N)CCl)cc12. The molecule has 3 nitrogen and oxygen atoms in total. The minimum atomic E-state index is 0.251. The van der Waals surface area contributed by atoms with Crippen molar-refractivity contribution in [1.29, 1.82) is 0 Å². The molecule has 0 aliphatic carbocycles. The largest absolute Gasteiger partial charge is 0.386 e. The molecule has 0 aliphatic heterocycles. The van der Waals surface area contributed by atoms with E-state index < -0.39 is 0 Å². The number of halogens is 1. The van der Waals surface area contributed by atoms with Crippen molar-refractivity contribution < 1.29 is 0 Å². The van der Waals surface area contributed by atoms with Crippen LogP contribution in [0.15, 0.2) is 34.3 Å². The molecule has 16 heavy (non-hydrogen) atoms. The van der Waals surface area contributed by atoms with Crippen LogP contribution in [0.25, 0.3) is 10.9 Å². The van der Waals surface area contributed by atoms with Gasteiger partial charge in [-0.25, -0.2) is 4.99 Å². The highest BCUT2D eigenvalue weighted by atomic mass is 35.5. The van der Waals surface area contributed by atoms with E-state index in [2.05, 4.69) is 9.98 Å². The van der Waals surface area contributed by atoms with Crippen molar-refractivity contribution in [1.82, 2.24) is 4.98 Å². The first-order valence-corrected chi connectivity index (χ1v) is 6.54. The van der Waals surface area contributed by atoms with Gasteiger partial charge in [0, 0.05) is 22.0 Å². The van der Waals surface area contributed by atoms with Crippen molar-refractivity contribution in [3.8, 4) is 0 Å². The standard InChI is InChI=1S/C11H12ClN3S/c1-16-10-6-14-9-3-2-7(4-8(9)10)15-11(13)5-12/h2-4,6,14H,5H2,1H3,(H2,13,15). The van der Waals surface area contributed by atoms with Crippen molar-refractivity contribution in [2.45, 2.75) is 4.90 Å². The molecule has 84 valence electrons. The summed E-state index contributed by atoms with van der Waals surface area (Å²) in [6.07, 6.45) is 4.04. The summed E-state index contributed by atoms with van der Waals surface area (Å²) in [5, 5.41) is 1.16. The van der Waals surface area contributed by atoms with E-state index in [4.69, 9.17) is 17.3 Å². The molecule has 0 saturated carbocycles. The Hall–Kier alpha value is -1.13. The smallest absolute Gasteiger partial charge is 0.115 e. The second-order valence-corrected chi connectivity index (χ2v) is 4.44. The topological polar surface area (TPSA) is 54.2 Å². The molecule has 0 spiro atoms. The van der Waals surface area contributed by atoms with Crippen LogP contribution < -0.4 is 5.73 Å². The minimum absolute atomic E-state index is 0.251. The third-order valence-electron chi connectivity index (χ3n) is 2.26. The monoisotopic (exact) mass is 253 g/mol. The molecular formula is C11H12ClN3S. The second-order valence-electron chi connectivity index (χ2n) is 3.32. The predicted octanol–water partition coefficient (Wildman–Crippen LogP) is 3.12. The Bertz CT molecular complexity index is 533. The summed E-state index contributed by atoms with van der Waals surface area (Å²) >= 11 is 7.29. The van der Waals surface area contributed by atoms with Gasteiger partial charge in [-0.15, -0.1) is 23.4 Å². The zero-order valence-corrected chi connectivity index (χ0v) is 10.4. The lowest BCUT2D eigenvalue weighted by Gasteiger charge is -1.98. The Labute approximate surface area is 103 Å². The number of H-pyrrole nitrogens is 1. The first kappa shape index (κ1) is 11.4. The van der Waals surface area contributed by atoms with Crippen molar-refractivity contribution in [2.24, 2.45) is 10.7 Å².